The maximum atomic E-state index is 10.4. The lowest BCUT2D eigenvalue weighted by Gasteiger charge is -2.06. The molecular weight excluding hydrogens is 248 g/mol. The van der Waals surface area contributed by atoms with Crippen LogP contribution in [-0.4, -0.2) is 11.0 Å². The summed E-state index contributed by atoms with van der Waals surface area (Å²) >= 11 is 3.28. The highest BCUT2D eigenvalue weighted by atomic mass is 79.9. The predicted molar refractivity (Wildman–Crippen MR) is 58.1 cm³/mol. The van der Waals surface area contributed by atoms with Gasteiger partial charge in [0.05, 0.1) is 4.92 Å². The second-order valence-corrected chi connectivity index (χ2v) is 4.07. The lowest BCUT2D eigenvalue weighted by Crippen LogP contribution is -2.17. The van der Waals surface area contributed by atoms with E-state index in [0.717, 1.165) is 10.0 Å². The highest BCUT2D eigenvalue weighted by Gasteiger charge is 2.09. The SMILES string of the molecule is C[C@H](N)Cc1ccc([N+](=O)[O-])cc1Br. The third kappa shape index (κ3) is 2.78. The van der Waals surface area contributed by atoms with Crippen LogP contribution in [0.1, 0.15) is 12.5 Å². The van der Waals surface area contributed by atoms with Crippen molar-refractivity contribution in [3.05, 3.63) is 38.3 Å². The van der Waals surface area contributed by atoms with Crippen molar-refractivity contribution in [3.8, 4) is 0 Å². The maximum Gasteiger partial charge on any atom is 0.270 e. The van der Waals surface area contributed by atoms with Crippen LogP contribution in [0, 0.1) is 10.1 Å². The molecule has 0 amide bonds. The summed E-state index contributed by atoms with van der Waals surface area (Å²) in [6.45, 7) is 1.90. The van der Waals surface area contributed by atoms with Gasteiger partial charge in [-0.15, -0.1) is 0 Å². The summed E-state index contributed by atoms with van der Waals surface area (Å²) in [6, 6.07) is 4.76. The molecule has 2 N–H and O–H groups in total. The van der Waals surface area contributed by atoms with Gasteiger partial charge in [-0.1, -0.05) is 22.0 Å². The zero-order valence-electron chi connectivity index (χ0n) is 7.74. The number of hydrogen-bond acceptors (Lipinski definition) is 3. The Morgan fingerprint density at radius 3 is 2.71 bits per heavy atom. The molecule has 0 aliphatic heterocycles. The van der Waals surface area contributed by atoms with E-state index in [1.807, 2.05) is 6.92 Å². The van der Waals surface area contributed by atoms with Crippen LogP contribution >= 0.6 is 15.9 Å². The van der Waals surface area contributed by atoms with Crippen LogP contribution in [-0.2, 0) is 6.42 Å². The third-order valence-electron chi connectivity index (χ3n) is 1.79. The zero-order valence-corrected chi connectivity index (χ0v) is 9.32. The van der Waals surface area contributed by atoms with Crippen LogP contribution < -0.4 is 5.73 Å². The van der Waals surface area contributed by atoms with Crippen molar-refractivity contribution in [2.75, 3.05) is 0 Å². The summed E-state index contributed by atoms with van der Waals surface area (Å²) < 4.78 is 0.740. The average molecular weight is 259 g/mol. The van der Waals surface area contributed by atoms with Gasteiger partial charge in [0.2, 0.25) is 0 Å². The van der Waals surface area contributed by atoms with Crippen molar-refractivity contribution in [2.24, 2.45) is 5.73 Å². The molecule has 1 rings (SSSR count). The minimum absolute atomic E-state index is 0.0488. The Balaban J connectivity index is 2.95. The number of nitro benzene ring substituents is 1. The summed E-state index contributed by atoms with van der Waals surface area (Å²) in [5, 5.41) is 10.4. The fourth-order valence-electron chi connectivity index (χ4n) is 1.16. The smallest absolute Gasteiger partial charge is 0.270 e. The van der Waals surface area contributed by atoms with Crippen molar-refractivity contribution < 1.29 is 4.92 Å². The molecule has 0 fully saturated rings. The number of nitrogens with zero attached hydrogens (tertiary/aromatic N) is 1. The molecule has 1 aromatic carbocycles. The van der Waals surface area contributed by atoms with Gasteiger partial charge in [0.15, 0.2) is 0 Å². The van der Waals surface area contributed by atoms with Crippen LogP contribution in [0.3, 0.4) is 0 Å². The molecule has 0 saturated heterocycles. The molecule has 1 atom stereocenters. The number of rotatable bonds is 3. The van der Waals surface area contributed by atoms with Crippen molar-refractivity contribution in [2.45, 2.75) is 19.4 Å². The zero-order chi connectivity index (χ0) is 10.7. The van der Waals surface area contributed by atoms with Gasteiger partial charge < -0.3 is 5.73 Å². The quantitative estimate of drug-likeness (QED) is 0.668. The highest BCUT2D eigenvalue weighted by molar-refractivity contribution is 9.10. The van der Waals surface area contributed by atoms with E-state index in [0.29, 0.717) is 6.42 Å². The van der Waals surface area contributed by atoms with Gasteiger partial charge in [-0.3, -0.25) is 10.1 Å². The van der Waals surface area contributed by atoms with Crippen molar-refractivity contribution in [1.82, 2.24) is 0 Å². The Morgan fingerprint density at radius 2 is 2.29 bits per heavy atom. The molecule has 14 heavy (non-hydrogen) atoms. The molecule has 0 aromatic heterocycles. The fourth-order valence-corrected chi connectivity index (χ4v) is 1.69. The summed E-state index contributed by atoms with van der Waals surface area (Å²) in [5.41, 5.74) is 6.72. The second-order valence-electron chi connectivity index (χ2n) is 3.21. The van der Waals surface area contributed by atoms with Crippen molar-refractivity contribution in [3.63, 3.8) is 0 Å². The number of halogens is 1. The summed E-state index contributed by atoms with van der Waals surface area (Å²) in [7, 11) is 0. The van der Waals surface area contributed by atoms with Crippen LogP contribution in [0.4, 0.5) is 5.69 Å². The molecule has 0 aliphatic rings. The first kappa shape index (κ1) is 11.1. The summed E-state index contributed by atoms with van der Waals surface area (Å²) in [4.78, 5) is 10.0. The Labute approximate surface area is 90.4 Å². The van der Waals surface area contributed by atoms with Gasteiger partial charge in [0, 0.05) is 22.6 Å². The Kier molecular flexibility index (Phi) is 3.60. The molecule has 5 heteroatoms. The van der Waals surface area contributed by atoms with Gasteiger partial charge in [0.25, 0.3) is 5.69 Å². The number of hydrogen-bond donors (Lipinski definition) is 1. The standard InChI is InChI=1S/C9H11BrN2O2/c1-6(11)4-7-2-3-8(12(13)14)5-9(7)10/h2-3,5-6H,4,11H2,1H3/t6-/m0/s1. The molecule has 0 bridgehead atoms. The molecule has 76 valence electrons. The third-order valence-corrected chi connectivity index (χ3v) is 2.53. The lowest BCUT2D eigenvalue weighted by molar-refractivity contribution is -0.384. The lowest BCUT2D eigenvalue weighted by atomic mass is 10.1. The largest absolute Gasteiger partial charge is 0.328 e. The van der Waals surface area contributed by atoms with Gasteiger partial charge >= 0.3 is 0 Å². The maximum absolute atomic E-state index is 10.4. The Morgan fingerprint density at radius 1 is 1.64 bits per heavy atom. The Bertz CT molecular complexity index is 353. The highest BCUT2D eigenvalue weighted by Crippen LogP contribution is 2.23. The number of nitrogens with two attached hydrogens (primary N) is 1. The molecule has 0 aliphatic carbocycles. The molecule has 4 nitrogen and oxygen atoms in total. The first-order valence-electron chi connectivity index (χ1n) is 4.19. The van der Waals surface area contributed by atoms with Crippen LogP contribution in [0.25, 0.3) is 0 Å². The van der Waals surface area contributed by atoms with Crippen LogP contribution in [0.5, 0.6) is 0 Å². The minimum atomic E-state index is -0.416. The minimum Gasteiger partial charge on any atom is -0.328 e. The average Bonchev–Trinajstić information content (AvgIpc) is 2.07. The molecule has 0 heterocycles. The van der Waals surface area contributed by atoms with Gasteiger partial charge in [-0.05, 0) is 18.9 Å². The number of nitro groups is 1. The first-order valence-corrected chi connectivity index (χ1v) is 4.98. The number of benzene rings is 1. The number of non-ortho nitro benzene ring substituents is 1. The van der Waals surface area contributed by atoms with Gasteiger partial charge in [-0.2, -0.15) is 0 Å². The van der Waals surface area contributed by atoms with E-state index >= 15 is 0 Å². The topological polar surface area (TPSA) is 69.2 Å². The van der Waals surface area contributed by atoms with Crippen molar-refractivity contribution in [1.29, 1.82) is 0 Å². The van der Waals surface area contributed by atoms with E-state index in [9.17, 15) is 10.1 Å². The normalized spacial score (nSPS) is 12.5. The second kappa shape index (κ2) is 4.52. The van der Waals surface area contributed by atoms with Gasteiger partial charge in [-0.25, -0.2) is 0 Å². The van der Waals surface area contributed by atoms with E-state index in [1.54, 1.807) is 6.07 Å². The van der Waals surface area contributed by atoms with E-state index < -0.39 is 4.92 Å². The molecule has 0 radical (unpaired) electrons. The molecule has 0 spiro atoms. The Hall–Kier alpha value is -0.940. The van der Waals surface area contributed by atoms with E-state index in [-0.39, 0.29) is 11.7 Å². The van der Waals surface area contributed by atoms with Crippen molar-refractivity contribution >= 4 is 21.6 Å². The monoisotopic (exact) mass is 258 g/mol. The van der Waals surface area contributed by atoms with Crippen LogP contribution in [0.2, 0.25) is 0 Å². The molecule has 1 aromatic rings. The summed E-state index contributed by atoms with van der Waals surface area (Å²) in [6.07, 6.45) is 0.707. The molecule has 0 saturated carbocycles. The van der Waals surface area contributed by atoms with E-state index in [4.69, 9.17) is 5.73 Å². The molecular formula is C9H11BrN2O2. The molecule has 0 unspecified atom stereocenters. The fraction of sp³-hybridized carbons (Fsp3) is 0.333. The van der Waals surface area contributed by atoms with E-state index in [2.05, 4.69) is 15.9 Å². The first-order chi connectivity index (χ1) is 6.50. The van der Waals surface area contributed by atoms with Crippen LogP contribution in [0.15, 0.2) is 22.7 Å². The predicted octanol–water partition coefficient (Wildman–Crippen LogP) is 2.25. The summed E-state index contributed by atoms with van der Waals surface area (Å²) in [5.74, 6) is 0. The van der Waals surface area contributed by atoms with Gasteiger partial charge in [0.1, 0.15) is 0 Å². The van der Waals surface area contributed by atoms with E-state index in [1.165, 1.54) is 12.1 Å².